The predicted molar refractivity (Wildman–Crippen MR) is 82.6 cm³/mol. The highest BCUT2D eigenvalue weighted by molar-refractivity contribution is 7.92. The fourth-order valence-electron chi connectivity index (χ4n) is 2.42. The predicted octanol–water partition coefficient (Wildman–Crippen LogP) is 1.25. The number of benzene rings is 1. The zero-order valence-corrected chi connectivity index (χ0v) is 13.7. The first-order valence-corrected chi connectivity index (χ1v) is 8.80. The molecule has 1 saturated heterocycles. The molecule has 0 saturated carbocycles. The van der Waals surface area contributed by atoms with Gasteiger partial charge in [0.15, 0.2) is 9.84 Å². The first-order valence-electron chi connectivity index (χ1n) is 6.91. The molecular formula is C15H22N2O3S. The summed E-state index contributed by atoms with van der Waals surface area (Å²) in [6.07, 6.45) is 0.948. The van der Waals surface area contributed by atoms with Crippen LogP contribution in [0, 0.1) is 6.92 Å². The molecule has 1 unspecified atom stereocenters. The van der Waals surface area contributed by atoms with Crippen LogP contribution in [0.3, 0.4) is 0 Å². The first kappa shape index (κ1) is 16.0. The Morgan fingerprint density at radius 3 is 2.52 bits per heavy atom. The van der Waals surface area contributed by atoms with E-state index in [4.69, 9.17) is 0 Å². The van der Waals surface area contributed by atoms with Crippen molar-refractivity contribution < 1.29 is 13.2 Å². The van der Waals surface area contributed by atoms with E-state index in [-0.39, 0.29) is 25.2 Å². The fourth-order valence-corrected chi connectivity index (χ4v) is 2.79. The highest BCUT2D eigenvalue weighted by Gasteiger charge is 2.40. The fraction of sp³-hybridized carbons (Fsp3) is 0.533. The Balaban J connectivity index is 2.33. The lowest BCUT2D eigenvalue weighted by Crippen LogP contribution is -2.46. The number of rotatable bonds is 4. The van der Waals surface area contributed by atoms with Gasteiger partial charge in [0.25, 0.3) is 0 Å². The summed E-state index contributed by atoms with van der Waals surface area (Å²) in [5, 5.41) is 3.17. The van der Waals surface area contributed by atoms with Gasteiger partial charge in [-0.1, -0.05) is 24.3 Å². The van der Waals surface area contributed by atoms with E-state index >= 15 is 0 Å². The Morgan fingerprint density at radius 2 is 1.95 bits per heavy atom. The van der Waals surface area contributed by atoms with Crippen LogP contribution in [0.15, 0.2) is 24.3 Å². The maximum absolute atomic E-state index is 12.1. The average Bonchev–Trinajstić information content (AvgIpc) is 2.70. The summed E-state index contributed by atoms with van der Waals surface area (Å²) in [7, 11) is -3.25. The van der Waals surface area contributed by atoms with Crippen molar-refractivity contribution in [3.8, 4) is 0 Å². The lowest BCUT2D eigenvalue weighted by molar-refractivity contribution is -0.128. The second kappa shape index (κ2) is 5.42. The summed E-state index contributed by atoms with van der Waals surface area (Å²) < 4.78 is 22.8. The molecule has 21 heavy (non-hydrogen) atoms. The lowest BCUT2D eigenvalue weighted by atomic mass is 10.1. The van der Waals surface area contributed by atoms with Gasteiger partial charge in [-0.15, -0.1) is 0 Å². The number of nitrogens with zero attached hydrogens (tertiary/aromatic N) is 1. The molecule has 2 rings (SSSR count). The van der Waals surface area contributed by atoms with Crippen LogP contribution in [0.1, 0.15) is 31.1 Å². The topological polar surface area (TPSA) is 66.5 Å². The van der Waals surface area contributed by atoms with E-state index in [0.29, 0.717) is 0 Å². The summed E-state index contributed by atoms with van der Waals surface area (Å²) in [5.41, 5.74) is 2.08. The molecule has 1 aliphatic rings. The van der Waals surface area contributed by atoms with Crippen LogP contribution in [0.5, 0.6) is 0 Å². The Bertz CT molecular complexity index is 653. The molecule has 1 aromatic carbocycles. The molecule has 1 heterocycles. The quantitative estimate of drug-likeness (QED) is 0.909. The number of sulfone groups is 1. The Hall–Kier alpha value is -1.40. The van der Waals surface area contributed by atoms with E-state index < -0.39 is 14.6 Å². The molecule has 0 radical (unpaired) electrons. The summed E-state index contributed by atoms with van der Waals surface area (Å²) in [6.45, 7) is 5.71. The van der Waals surface area contributed by atoms with E-state index in [1.807, 2.05) is 31.2 Å². The third-order valence-corrected chi connectivity index (χ3v) is 6.25. The van der Waals surface area contributed by atoms with Gasteiger partial charge in [0, 0.05) is 12.8 Å². The molecule has 0 bridgehead atoms. The Morgan fingerprint density at radius 1 is 1.33 bits per heavy atom. The van der Waals surface area contributed by atoms with E-state index in [0.717, 1.165) is 11.1 Å². The minimum absolute atomic E-state index is 0.0695. The van der Waals surface area contributed by atoms with Crippen LogP contribution in [0.4, 0.5) is 0 Å². The average molecular weight is 310 g/mol. The first-order chi connectivity index (χ1) is 9.63. The number of carbonyl (C=O) groups is 1. The molecule has 0 aromatic heterocycles. The summed E-state index contributed by atoms with van der Waals surface area (Å²) in [4.78, 5) is 13.8. The lowest BCUT2D eigenvalue weighted by Gasteiger charge is -2.33. The van der Waals surface area contributed by atoms with Crippen molar-refractivity contribution in [1.82, 2.24) is 10.2 Å². The zero-order valence-electron chi connectivity index (χ0n) is 12.9. The standard InChI is InChI=1S/C15H22N2O3S/c1-11-7-5-6-8-12(11)14-16-9-13(18)17(14)10-15(2,3)21(4,19)20/h5-8,14,16H,9-10H2,1-4H3. The third kappa shape index (κ3) is 3.11. The Labute approximate surface area is 126 Å². The van der Waals surface area contributed by atoms with Gasteiger partial charge in [0.2, 0.25) is 5.91 Å². The molecular weight excluding hydrogens is 288 g/mol. The van der Waals surface area contributed by atoms with Gasteiger partial charge in [-0.25, -0.2) is 8.42 Å². The van der Waals surface area contributed by atoms with Crippen LogP contribution in [0.2, 0.25) is 0 Å². The second-order valence-corrected chi connectivity index (χ2v) is 8.84. The van der Waals surface area contributed by atoms with Crippen molar-refractivity contribution in [2.24, 2.45) is 0 Å². The highest BCUT2D eigenvalue weighted by Crippen LogP contribution is 2.28. The monoisotopic (exact) mass is 310 g/mol. The van der Waals surface area contributed by atoms with Crippen LogP contribution in [-0.2, 0) is 14.6 Å². The molecule has 0 spiro atoms. The van der Waals surface area contributed by atoms with Gasteiger partial charge in [-0.2, -0.15) is 0 Å². The molecule has 0 aliphatic carbocycles. The van der Waals surface area contributed by atoms with Crippen molar-refractivity contribution in [3.63, 3.8) is 0 Å². The molecule has 1 aromatic rings. The summed E-state index contributed by atoms with van der Waals surface area (Å²) in [6, 6.07) is 7.82. The summed E-state index contributed by atoms with van der Waals surface area (Å²) in [5.74, 6) is -0.0695. The second-order valence-electron chi connectivity index (χ2n) is 6.19. The normalized spacial score (nSPS) is 20.1. The van der Waals surface area contributed by atoms with Gasteiger partial charge in [-0.05, 0) is 31.9 Å². The minimum Gasteiger partial charge on any atom is -0.320 e. The molecule has 116 valence electrons. The van der Waals surface area contributed by atoms with Crippen LogP contribution in [-0.4, -0.2) is 43.3 Å². The van der Waals surface area contributed by atoms with Gasteiger partial charge >= 0.3 is 0 Å². The zero-order chi connectivity index (χ0) is 15.8. The Kier molecular flexibility index (Phi) is 4.13. The van der Waals surface area contributed by atoms with Crippen molar-refractivity contribution in [1.29, 1.82) is 0 Å². The smallest absolute Gasteiger partial charge is 0.238 e. The molecule has 1 atom stereocenters. The number of hydrogen-bond donors (Lipinski definition) is 1. The van der Waals surface area contributed by atoms with Gasteiger partial charge in [0.1, 0.15) is 6.17 Å². The number of aryl methyl sites for hydroxylation is 1. The molecule has 1 amide bonds. The van der Waals surface area contributed by atoms with Crippen molar-refractivity contribution in [3.05, 3.63) is 35.4 Å². The van der Waals surface area contributed by atoms with Crippen molar-refractivity contribution in [2.45, 2.75) is 31.7 Å². The maximum Gasteiger partial charge on any atom is 0.238 e. The minimum atomic E-state index is -3.25. The number of nitrogens with one attached hydrogen (secondary N) is 1. The van der Waals surface area contributed by atoms with E-state index in [1.165, 1.54) is 6.26 Å². The maximum atomic E-state index is 12.1. The van der Waals surface area contributed by atoms with E-state index in [1.54, 1.807) is 18.7 Å². The molecule has 1 aliphatic heterocycles. The largest absolute Gasteiger partial charge is 0.320 e. The van der Waals surface area contributed by atoms with Crippen molar-refractivity contribution in [2.75, 3.05) is 19.3 Å². The highest BCUT2D eigenvalue weighted by atomic mass is 32.2. The number of hydrogen-bond acceptors (Lipinski definition) is 4. The third-order valence-electron chi connectivity index (χ3n) is 4.12. The van der Waals surface area contributed by atoms with Gasteiger partial charge in [-0.3, -0.25) is 10.1 Å². The van der Waals surface area contributed by atoms with Crippen LogP contribution < -0.4 is 5.32 Å². The van der Waals surface area contributed by atoms with E-state index in [9.17, 15) is 13.2 Å². The molecule has 6 heteroatoms. The number of amides is 1. The van der Waals surface area contributed by atoms with Crippen LogP contribution in [0.25, 0.3) is 0 Å². The van der Waals surface area contributed by atoms with Gasteiger partial charge in [0.05, 0.1) is 11.3 Å². The van der Waals surface area contributed by atoms with Gasteiger partial charge < -0.3 is 4.90 Å². The molecule has 1 N–H and O–H groups in total. The van der Waals surface area contributed by atoms with Crippen molar-refractivity contribution >= 4 is 15.7 Å². The van der Waals surface area contributed by atoms with Crippen LogP contribution >= 0.6 is 0 Å². The molecule has 5 nitrogen and oxygen atoms in total. The van der Waals surface area contributed by atoms with E-state index in [2.05, 4.69) is 5.32 Å². The molecule has 1 fully saturated rings. The SMILES string of the molecule is Cc1ccccc1C1NCC(=O)N1CC(C)(C)S(C)(=O)=O. The number of carbonyl (C=O) groups excluding carboxylic acids is 1. The summed E-state index contributed by atoms with van der Waals surface area (Å²) >= 11 is 0.